The van der Waals surface area contributed by atoms with Crippen LogP contribution in [-0.4, -0.2) is 61.2 Å². The highest BCUT2D eigenvalue weighted by atomic mass is 35.5. The van der Waals surface area contributed by atoms with Crippen molar-refractivity contribution >= 4 is 47.1 Å². The first-order chi connectivity index (χ1) is 15.5. The molecule has 3 aromatic rings. The lowest BCUT2D eigenvalue weighted by atomic mass is 10.1. The maximum atomic E-state index is 12.6. The number of nitrogen functional groups attached to an aromatic ring is 1. The van der Waals surface area contributed by atoms with Gasteiger partial charge >= 0.3 is 0 Å². The Morgan fingerprint density at radius 3 is 2.27 bits per heavy atom. The molecule has 2 aromatic carbocycles. The van der Waals surface area contributed by atoms with Crippen molar-refractivity contribution in [2.24, 2.45) is 0 Å². The Hall–Kier alpha value is -3.52. The number of aromatic nitrogens is 2. The summed E-state index contributed by atoms with van der Waals surface area (Å²) in [6, 6.07) is 11.6. The SMILES string of the molecule is COc1cc2nc(N3CCN(C(=O)/C=C/c4ccc(C)cc4)CC3)nc(N)c2cc1OC.Cl. The van der Waals surface area contributed by atoms with E-state index in [1.165, 1.54) is 5.56 Å². The summed E-state index contributed by atoms with van der Waals surface area (Å²) in [5.74, 6) is 2.09. The number of ether oxygens (including phenoxy) is 2. The molecule has 0 aliphatic carbocycles. The van der Waals surface area contributed by atoms with Gasteiger partial charge in [0.05, 0.1) is 19.7 Å². The highest BCUT2D eigenvalue weighted by Gasteiger charge is 2.22. The standard InChI is InChI=1S/C24H27N5O3.ClH/c1-16-4-6-17(7-5-16)8-9-22(30)28-10-12-29(13-11-28)24-26-19-15-21(32-3)20(31-2)14-18(19)23(25)27-24;/h4-9,14-15H,10-13H2,1-3H3,(H2,25,26,27);1H/b9-8+;. The summed E-state index contributed by atoms with van der Waals surface area (Å²) < 4.78 is 10.7. The van der Waals surface area contributed by atoms with Crippen molar-refractivity contribution < 1.29 is 14.3 Å². The number of amides is 1. The van der Waals surface area contributed by atoms with Gasteiger partial charge in [0.2, 0.25) is 11.9 Å². The smallest absolute Gasteiger partial charge is 0.246 e. The Bertz CT molecular complexity index is 1160. The molecule has 0 spiro atoms. The van der Waals surface area contributed by atoms with Crippen LogP contribution in [0.4, 0.5) is 11.8 Å². The lowest BCUT2D eigenvalue weighted by molar-refractivity contribution is -0.126. The van der Waals surface area contributed by atoms with Crippen LogP contribution in [0, 0.1) is 6.92 Å². The van der Waals surface area contributed by atoms with E-state index >= 15 is 0 Å². The number of carbonyl (C=O) groups excluding carboxylic acids is 1. The molecule has 2 heterocycles. The summed E-state index contributed by atoms with van der Waals surface area (Å²) in [6.07, 6.45) is 3.48. The topological polar surface area (TPSA) is 93.8 Å². The number of rotatable bonds is 5. The number of carbonyl (C=O) groups is 1. The predicted octanol–water partition coefficient (Wildman–Crippen LogP) is 3.32. The molecule has 0 radical (unpaired) electrons. The zero-order chi connectivity index (χ0) is 22.7. The lowest BCUT2D eigenvalue weighted by Crippen LogP contribution is -2.48. The van der Waals surface area contributed by atoms with Crippen molar-refractivity contribution in [3.63, 3.8) is 0 Å². The predicted molar refractivity (Wildman–Crippen MR) is 133 cm³/mol. The second kappa shape index (κ2) is 10.4. The van der Waals surface area contributed by atoms with Crippen LogP contribution in [0.1, 0.15) is 11.1 Å². The van der Waals surface area contributed by atoms with Crippen LogP contribution >= 0.6 is 12.4 Å². The zero-order valence-corrected chi connectivity index (χ0v) is 19.8. The maximum absolute atomic E-state index is 12.6. The Kier molecular flexibility index (Phi) is 7.60. The first-order valence-corrected chi connectivity index (χ1v) is 10.5. The van der Waals surface area contributed by atoms with Gasteiger partial charge in [-0.2, -0.15) is 4.98 Å². The summed E-state index contributed by atoms with van der Waals surface area (Å²) in [5.41, 5.74) is 9.10. The highest BCUT2D eigenvalue weighted by Crippen LogP contribution is 2.34. The number of benzene rings is 2. The molecule has 2 N–H and O–H groups in total. The minimum absolute atomic E-state index is 0. The Labute approximate surface area is 199 Å². The third-order valence-corrected chi connectivity index (χ3v) is 5.59. The van der Waals surface area contributed by atoms with E-state index in [1.54, 1.807) is 32.4 Å². The van der Waals surface area contributed by atoms with E-state index in [1.807, 2.05) is 47.1 Å². The summed E-state index contributed by atoms with van der Waals surface area (Å²) >= 11 is 0. The monoisotopic (exact) mass is 469 g/mol. The van der Waals surface area contributed by atoms with Gasteiger partial charge in [-0.1, -0.05) is 29.8 Å². The molecule has 1 aliphatic heterocycles. The highest BCUT2D eigenvalue weighted by molar-refractivity contribution is 5.93. The van der Waals surface area contributed by atoms with Crippen LogP contribution in [-0.2, 0) is 4.79 Å². The molecule has 0 saturated carbocycles. The fraction of sp³-hybridized carbons (Fsp3) is 0.292. The summed E-state index contributed by atoms with van der Waals surface area (Å²) in [6.45, 7) is 4.47. The summed E-state index contributed by atoms with van der Waals surface area (Å²) in [4.78, 5) is 25.6. The van der Waals surface area contributed by atoms with Crippen LogP contribution in [0.25, 0.3) is 17.0 Å². The van der Waals surface area contributed by atoms with Crippen molar-refractivity contribution in [3.8, 4) is 11.5 Å². The Morgan fingerprint density at radius 2 is 1.64 bits per heavy atom. The number of fused-ring (bicyclic) bond motifs is 1. The van der Waals surface area contributed by atoms with Gasteiger partial charge in [-0.3, -0.25) is 4.79 Å². The van der Waals surface area contributed by atoms with Crippen molar-refractivity contribution in [1.29, 1.82) is 0 Å². The molecule has 1 aromatic heterocycles. The number of aryl methyl sites for hydroxylation is 1. The van der Waals surface area contributed by atoms with E-state index in [-0.39, 0.29) is 18.3 Å². The largest absolute Gasteiger partial charge is 0.493 e. The van der Waals surface area contributed by atoms with E-state index < -0.39 is 0 Å². The maximum Gasteiger partial charge on any atom is 0.246 e. The molecule has 1 saturated heterocycles. The molecular formula is C24H28ClN5O3. The van der Waals surface area contributed by atoms with Gasteiger partial charge in [-0.15, -0.1) is 12.4 Å². The van der Waals surface area contributed by atoms with Crippen molar-refractivity contribution in [2.45, 2.75) is 6.92 Å². The van der Waals surface area contributed by atoms with E-state index in [9.17, 15) is 4.79 Å². The first kappa shape index (κ1) is 24.1. The number of nitrogens with zero attached hydrogens (tertiary/aromatic N) is 4. The van der Waals surface area contributed by atoms with Gasteiger partial charge in [-0.25, -0.2) is 4.98 Å². The number of anilines is 2. The molecule has 174 valence electrons. The minimum atomic E-state index is 0. The molecule has 1 aliphatic rings. The molecule has 33 heavy (non-hydrogen) atoms. The summed E-state index contributed by atoms with van der Waals surface area (Å²) in [5, 5.41) is 0.710. The van der Waals surface area contributed by atoms with Gasteiger partial charge in [0.15, 0.2) is 11.5 Å². The fourth-order valence-corrected chi connectivity index (χ4v) is 3.69. The lowest BCUT2D eigenvalue weighted by Gasteiger charge is -2.34. The van der Waals surface area contributed by atoms with Crippen molar-refractivity contribution in [1.82, 2.24) is 14.9 Å². The van der Waals surface area contributed by atoms with E-state index in [0.717, 1.165) is 5.56 Å². The number of hydrogen-bond acceptors (Lipinski definition) is 7. The molecule has 0 bridgehead atoms. The fourth-order valence-electron chi connectivity index (χ4n) is 3.69. The molecule has 8 nitrogen and oxygen atoms in total. The molecule has 4 rings (SSSR count). The third kappa shape index (κ3) is 5.28. The van der Waals surface area contributed by atoms with E-state index in [4.69, 9.17) is 15.2 Å². The number of hydrogen-bond donors (Lipinski definition) is 1. The minimum Gasteiger partial charge on any atom is -0.493 e. The quantitative estimate of drug-likeness (QED) is 0.573. The molecule has 0 atom stereocenters. The van der Waals surface area contributed by atoms with Crippen LogP contribution in [0.15, 0.2) is 42.5 Å². The second-order valence-corrected chi connectivity index (χ2v) is 7.69. The van der Waals surface area contributed by atoms with Gasteiger partial charge in [-0.05, 0) is 24.6 Å². The average Bonchev–Trinajstić information content (AvgIpc) is 2.82. The van der Waals surface area contributed by atoms with Gasteiger partial charge in [0.25, 0.3) is 0 Å². The van der Waals surface area contributed by atoms with Crippen molar-refractivity contribution in [2.75, 3.05) is 51.0 Å². The second-order valence-electron chi connectivity index (χ2n) is 7.69. The van der Waals surface area contributed by atoms with E-state index in [2.05, 4.69) is 9.97 Å². The van der Waals surface area contributed by atoms with Gasteiger partial charge in [0.1, 0.15) is 5.82 Å². The zero-order valence-electron chi connectivity index (χ0n) is 18.9. The average molecular weight is 470 g/mol. The summed E-state index contributed by atoms with van der Waals surface area (Å²) in [7, 11) is 3.16. The van der Waals surface area contributed by atoms with Crippen molar-refractivity contribution in [3.05, 3.63) is 53.6 Å². The van der Waals surface area contributed by atoms with Gasteiger partial charge in [0, 0.05) is 43.7 Å². The normalized spacial score (nSPS) is 13.8. The molecule has 9 heteroatoms. The Morgan fingerprint density at radius 1 is 1.00 bits per heavy atom. The van der Waals surface area contributed by atoms with Crippen LogP contribution < -0.4 is 20.1 Å². The third-order valence-electron chi connectivity index (χ3n) is 5.59. The number of nitrogens with two attached hydrogens (primary N) is 1. The van der Waals surface area contributed by atoms with Gasteiger partial charge < -0.3 is 25.0 Å². The number of methoxy groups -OCH3 is 2. The Balaban J connectivity index is 0.00000306. The van der Waals surface area contributed by atoms with Crippen LogP contribution in [0.2, 0.25) is 0 Å². The van der Waals surface area contributed by atoms with Crippen LogP contribution in [0.3, 0.4) is 0 Å². The molecule has 1 fully saturated rings. The first-order valence-electron chi connectivity index (χ1n) is 10.5. The molecule has 0 unspecified atom stereocenters. The molecule has 1 amide bonds. The number of piperazine rings is 1. The van der Waals surface area contributed by atoms with Crippen LogP contribution in [0.5, 0.6) is 11.5 Å². The van der Waals surface area contributed by atoms with E-state index in [0.29, 0.717) is 60.3 Å². The molecular weight excluding hydrogens is 442 g/mol. The number of halogens is 1.